The first-order valence-electron chi connectivity index (χ1n) is 12.3. The maximum atomic E-state index is 14.1. The number of ether oxygens (including phenoxy) is 2. The molecule has 0 bridgehead atoms. The molecule has 1 aliphatic carbocycles. The SMILES string of the molecule is CC(C)(C)OC(=O)C1=CC[C@@](C(=O)Oc2cc3ccccc3c3ccccc23)(c2ccc(C#N)cc2)C1. The van der Waals surface area contributed by atoms with Gasteiger partial charge in [0, 0.05) is 11.0 Å². The van der Waals surface area contributed by atoms with Crippen molar-refractivity contribution in [2.75, 3.05) is 0 Å². The molecule has 1 atom stereocenters. The Hall–Kier alpha value is -4.43. The first-order chi connectivity index (χ1) is 17.7. The van der Waals surface area contributed by atoms with Gasteiger partial charge in [-0.3, -0.25) is 4.79 Å². The summed E-state index contributed by atoms with van der Waals surface area (Å²) < 4.78 is 11.8. The second-order valence-corrected chi connectivity index (χ2v) is 10.4. The predicted octanol–water partition coefficient (Wildman–Crippen LogP) is 6.77. The summed E-state index contributed by atoms with van der Waals surface area (Å²) in [6.45, 7) is 5.44. The lowest BCUT2D eigenvalue weighted by atomic mass is 9.77. The summed E-state index contributed by atoms with van der Waals surface area (Å²) in [5.74, 6) is -0.419. The van der Waals surface area contributed by atoms with Crippen LogP contribution >= 0.6 is 0 Å². The molecule has 0 aliphatic heterocycles. The number of nitrogens with zero attached hydrogens (tertiary/aromatic N) is 1. The lowest BCUT2D eigenvalue weighted by molar-refractivity contribution is -0.150. The van der Waals surface area contributed by atoms with E-state index in [1.54, 1.807) is 30.3 Å². The Bertz CT molecular complexity index is 1600. The van der Waals surface area contributed by atoms with E-state index < -0.39 is 23.0 Å². The summed E-state index contributed by atoms with van der Waals surface area (Å²) in [5.41, 5.74) is -0.142. The molecule has 0 saturated carbocycles. The van der Waals surface area contributed by atoms with Crippen LogP contribution in [0.15, 0.2) is 90.5 Å². The van der Waals surface area contributed by atoms with Crippen LogP contribution in [0.3, 0.4) is 0 Å². The van der Waals surface area contributed by atoms with Gasteiger partial charge in [0.15, 0.2) is 0 Å². The summed E-state index contributed by atoms with van der Waals surface area (Å²) in [4.78, 5) is 26.9. The highest BCUT2D eigenvalue weighted by Crippen LogP contribution is 2.44. The highest BCUT2D eigenvalue weighted by Gasteiger charge is 2.47. The standard InChI is InChI=1S/C32H27NO4/c1-31(2,3)37-29(34)23-16-17-32(19-23,24-14-12-21(20-33)13-15-24)30(35)36-28-18-22-8-4-5-9-25(22)26-10-6-7-11-27(26)28/h4-16,18H,17,19H2,1-3H3/t32-/m0/s1. The smallest absolute Gasteiger partial charge is 0.334 e. The Balaban J connectivity index is 1.56. The molecule has 4 aromatic carbocycles. The molecule has 0 amide bonds. The number of hydrogen-bond donors (Lipinski definition) is 0. The summed E-state index contributed by atoms with van der Waals surface area (Å²) in [6.07, 6.45) is 2.21. The predicted molar refractivity (Wildman–Crippen MR) is 143 cm³/mol. The molecule has 5 rings (SSSR count). The Morgan fingerprint density at radius 2 is 1.54 bits per heavy atom. The van der Waals surface area contributed by atoms with Gasteiger partial charge in [-0.15, -0.1) is 0 Å². The van der Waals surface area contributed by atoms with Crippen molar-refractivity contribution in [3.8, 4) is 11.8 Å². The van der Waals surface area contributed by atoms with E-state index >= 15 is 0 Å². The van der Waals surface area contributed by atoms with Gasteiger partial charge in [0.05, 0.1) is 11.6 Å². The topological polar surface area (TPSA) is 76.4 Å². The average molecular weight is 490 g/mol. The number of hydrogen-bond acceptors (Lipinski definition) is 5. The van der Waals surface area contributed by atoms with Crippen LogP contribution in [0, 0.1) is 11.3 Å². The van der Waals surface area contributed by atoms with Crippen molar-refractivity contribution in [1.82, 2.24) is 0 Å². The molecule has 184 valence electrons. The normalized spacial score (nSPS) is 17.3. The van der Waals surface area contributed by atoms with Crippen LogP contribution in [-0.4, -0.2) is 17.5 Å². The summed E-state index contributed by atoms with van der Waals surface area (Å²) >= 11 is 0. The number of allylic oxidation sites excluding steroid dienone is 1. The van der Waals surface area contributed by atoms with Gasteiger partial charge >= 0.3 is 11.9 Å². The molecule has 0 aromatic heterocycles. The lowest BCUT2D eigenvalue weighted by Gasteiger charge is -2.28. The Labute approximate surface area is 215 Å². The van der Waals surface area contributed by atoms with Crippen LogP contribution in [-0.2, 0) is 19.7 Å². The third kappa shape index (κ3) is 4.59. The Morgan fingerprint density at radius 3 is 2.22 bits per heavy atom. The van der Waals surface area contributed by atoms with Crippen LogP contribution in [0.2, 0.25) is 0 Å². The maximum Gasteiger partial charge on any atom is 0.334 e. The molecule has 0 radical (unpaired) electrons. The fourth-order valence-corrected chi connectivity index (χ4v) is 4.93. The van der Waals surface area contributed by atoms with E-state index in [2.05, 4.69) is 12.1 Å². The number of carbonyl (C=O) groups is 2. The van der Waals surface area contributed by atoms with Gasteiger partial charge in [0.1, 0.15) is 16.8 Å². The van der Waals surface area contributed by atoms with Crippen molar-refractivity contribution in [3.63, 3.8) is 0 Å². The monoisotopic (exact) mass is 489 g/mol. The minimum atomic E-state index is -1.12. The number of fused-ring (bicyclic) bond motifs is 3. The molecule has 4 aromatic rings. The summed E-state index contributed by atoms with van der Waals surface area (Å²) in [5, 5.41) is 13.1. The molecule has 0 unspecified atom stereocenters. The molecule has 0 N–H and O–H groups in total. The van der Waals surface area contributed by atoms with E-state index in [-0.39, 0.29) is 12.8 Å². The number of rotatable bonds is 4. The molecule has 5 heteroatoms. The van der Waals surface area contributed by atoms with E-state index in [9.17, 15) is 14.9 Å². The first-order valence-corrected chi connectivity index (χ1v) is 12.3. The van der Waals surface area contributed by atoms with Crippen molar-refractivity contribution in [1.29, 1.82) is 5.26 Å². The molecule has 5 nitrogen and oxygen atoms in total. The van der Waals surface area contributed by atoms with E-state index in [1.165, 1.54) is 0 Å². The lowest BCUT2D eigenvalue weighted by Crippen LogP contribution is -2.38. The highest BCUT2D eigenvalue weighted by molar-refractivity contribution is 6.11. The van der Waals surface area contributed by atoms with Gasteiger partial charge < -0.3 is 9.47 Å². The van der Waals surface area contributed by atoms with Crippen molar-refractivity contribution in [2.24, 2.45) is 0 Å². The van der Waals surface area contributed by atoms with Gasteiger partial charge in [0.2, 0.25) is 0 Å². The molecule has 0 spiro atoms. The third-order valence-corrected chi connectivity index (χ3v) is 6.74. The fraction of sp³-hybridized carbons (Fsp3) is 0.219. The molecular weight excluding hydrogens is 462 g/mol. The zero-order valence-electron chi connectivity index (χ0n) is 21.1. The van der Waals surface area contributed by atoms with Crippen LogP contribution in [0.25, 0.3) is 21.5 Å². The van der Waals surface area contributed by atoms with Gasteiger partial charge in [-0.2, -0.15) is 5.26 Å². The largest absolute Gasteiger partial charge is 0.457 e. The van der Waals surface area contributed by atoms with Gasteiger partial charge in [0.25, 0.3) is 0 Å². The minimum Gasteiger partial charge on any atom is -0.457 e. The minimum absolute atomic E-state index is 0.151. The number of carbonyl (C=O) groups excluding carboxylic acids is 2. The van der Waals surface area contributed by atoms with Crippen LogP contribution < -0.4 is 4.74 Å². The quantitative estimate of drug-likeness (QED) is 0.180. The maximum absolute atomic E-state index is 14.1. The van der Waals surface area contributed by atoms with Gasteiger partial charge in [-0.1, -0.05) is 66.7 Å². The average Bonchev–Trinajstić information content (AvgIpc) is 3.35. The van der Waals surface area contributed by atoms with Crippen LogP contribution in [0.4, 0.5) is 0 Å². The van der Waals surface area contributed by atoms with Gasteiger partial charge in [-0.25, -0.2) is 4.79 Å². The summed E-state index contributed by atoms with van der Waals surface area (Å²) in [6, 6.07) is 26.7. The Morgan fingerprint density at radius 1 is 0.892 bits per heavy atom. The van der Waals surface area contributed by atoms with E-state index in [4.69, 9.17) is 9.47 Å². The number of benzene rings is 4. The summed E-state index contributed by atoms with van der Waals surface area (Å²) in [7, 11) is 0. The zero-order chi connectivity index (χ0) is 26.2. The molecule has 37 heavy (non-hydrogen) atoms. The molecule has 0 saturated heterocycles. The van der Waals surface area contributed by atoms with Crippen LogP contribution in [0.1, 0.15) is 44.7 Å². The molecule has 0 heterocycles. The zero-order valence-corrected chi connectivity index (χ0v) is 21.1. The highest BCUT2D eigenvalue weighted by atomic mass is 16.6. The number of nitriles is 1. The molecule has 1 aliphatic rings. The van der Waals surface area contributed by atoms with Crippen molar-refractivity contribution >= 4 is 33.5 Å². The second-order valence-electron chi connectivity index (χ2n) is 10.4. The van der Waals surface area contributed by atoms with Crippen LogP contribution in [0.5, 0.6) is 5.75 Å². The van der Waals surface area contributed by atoms with Crippen molar-refractivity contribution in [3.05, 3.63) is 102 Å². The van der Waals surface area contributed by atoms with Crippen molar-refractivity contribution in [2.45, 2.75) is 44.6 Å². The molecular formula is C32H27NO4. The first kappa shape index (κ1) is 24.3. The fourth-order valence-electron chi connectivity index (χ4n) is 4.93. The molecule has 0 fully saturated rings. The van der Waals surface area contributed by atoms with E-state index in [0.29, 0.717) is 22.4 Å². The van der Waals surface area contributed by atoms with E-state index in [0.717, 1.165) is 21.5 Å². The second kappa shape index (κ2) is 9.22. The van der Waals surface area contributed by atoms with Gasteiger partial charge in [-0.05, 0) is 73.5 Å². The number of esters is 2. The van der Waals surface area contributed by atoms with E-state index in [1.807, 2.05) is 69.3 Å². The third-order valence-electron chi connectivity index (χ3n) is 6.74. The Kier molecular flexibility index (Phi) is 6.05. The van der Waals surface area contributed by atoms with Crippen molar-refractivity contribution < 1.29 is 19.1 Å².